The van der Waals surface area contributed by atoms with Crippen LogP contribution in [0.2, 0.25) is 0 Å². The van der Waals surface area contributed by atoms with Crippen molar-refractivity contribution in [2.75, 3.05) is 14.1 Å². The molecule has 0 bridgehead atoms. The minimum atomic E-state index is 0.140. The van der Waals surface area contributed by atoms with Crippen molar-refractivity contribution in [3.05, 3.63) is 47.3 Å². The molecule has 0 saturated carbocycles. The highest BCUT2D eigenvalue weighted by atomic mass is 16.1. The number of H-pyrrole nitrogens is 1. The number of rotatable bonds is 1. The smallest absolute Gasteiger partial charge is 0.206 e. The van der Waals surface area contributed by atoms with Crippen LogP contribution < -0.4 is 0 Å². The lowest BCUT2D eigenvalue weighted by atomic mass is 9.91. The summed E-state index contributed by atoms with van der Waals surface area (Å²) in [5, 5.41) is 1.18. The van der Waals surface area contributed by atoms with Gasteiger partial charge in [-0.15, -0.1) is 0 Å². The second-order valence-corrected chi connectivity index (χ2v) is 4.97. The number of aryl methyl sites for hydroxylation is 1. The first-order valence-corrected chi connectivity index (χ1v) is 6.18. The van der Waals surface area contributed by atoms with E-state index in [9.17, 15) is 4.79 Å². The predicted octanol–water partition coefficient (Wildman–Crippen LogP) is 2.74. The molecular formula is C15H16N2O. The van der Waals surface area contributed by atoms with Gasteiger partial charge in [0.25, 0.3) is 0 Å². The molecule has 0 radical (unpaired) electrons. The number of Topliss-reactive ketones (excluding diaryl/α,β-unsaturated/α-hetero) is 1. The average Bonchev–Trinajstić information content (AvgIpc) is 2.72. The Kier molecular flexibility index (Phi) is 2.47. The van der Waals surface area contributed by atoms with E-state index < -0.39 is 0 Å². The Labute approximate surface area is 106 Å². The van der Waals surface area contributed by atoms with Crippen LogP contribution in [0.1, 0.15) is 22.5 Å². The van der Waals surface area contributed by atoms with Gasteiger partial charge in [-0.3, -0.25) is 4.79 Å². The maximum atomic E-state index is 12.4. The molecule has 1 heterocycles. The minimum absolute atomic E-state index is 0.140. The van der Waals surface area contributed by atoms with E-state index >= 15 is 0 Å². The van der Waals surface area contributed by atoms with E-state index in [1.54, 1.807) is 0 Å². The molecule has 1 aromatic heterocycles. The van der Waals surface area contributed by atoms with Crippen LogP contribution in [0.5, 0.6) is 0 Å². The monoisotopic (exact) mass is 240 g/mol. The van der Waals surface area contributed by atoms with Gasteiger partial charge < -0.3 is 9.88 Å². The van der Waals surface area contributed by atoms with Gasteiger partial charge in [-0.25, -0.2) is 0 Å². The zero-order chi connectivity index (χ0) is 12.7. The summed E-state index contributed by atoms with van der Waals surface area (Å²) in [6.07, 6.45) is 3.69. The van der Waals surface area contributed by atoms with Crippen LogP contribution in [0.15, 0.2) is 36.0 Å². The Balaban J connectivity index is 2.14. The molecule has 1 aliphatic carbocycles. The molecule has 0 amide bonds. The Morgan fingerprint density at radius 1 is 1.22 bits per heavy atom. The van der Waals surface area contributed by atoms with Gasteiger partial charge >= 0.3 is 0 Å². The van der Waals surface area contributed by atoms with Crippen molar-refractivity contribution in [1.29, 1.82) is 0 Å². The molecule has 1 N–H and O–H groups in total. The van der Waals surface area contributed by atoms with E-state index in [-0.39, 0.29) is 5.78 Å². The zero-order valence-corrected chi connectivity index (χ0v) is 10.7. The van der Waals surface area contributed by atoms with E-state index in [1.165, 1.54) is 10.9 Å². The van der Waals surface area contributed by atoms with Crippen LogP contribution in [0.3, 0.4) is 0 Å². The van der Waals surface area contributed by atoms with Gasteiger partial charge in [0, 0.05) is 36.8 Å². The van der Waals surface area contributed by atoms with Crippen LogP contribution in [0.25, 0.3) is 10.9 Å². The highest BCUT2D eigenvalue weighted by Gasteiger charge is 2.25. The SMILES string of the molecule is CN(C)C=C1CCc2c([nH]c3ccccc23)C1=O. The van der Waals surface area contributed by atoms with Gasteiger partial charge in [-0.1, -0.05) is 18.2 Å². The summed E-state index contributed by atoms with van der Waals surface area (Å²) < 4.78 is 0. The molecule has 0 unspecified atom stereocenters. The largest absolute Gasteiger partial charge is 0.383 e. The number of hydrogen-bond donors (Lipinski definition) is 1. The van der Waals surface area contributed by atoms with Gasteiger partial charge in [-0.2, -0.15) is 0 Å². The summed E-state index contributed by atoms with van der Waals surface area (Å²) in [4.78, 5) is 17.6. The lowest BCUT2D eigenvalue weighted by Gasteiger charge is -2.16. The van der Waals surface area contributed by atoms with Gasteiger partial charge in [0.15, 0.2) is 0 Å². The van der Waals surface area contributed by atoms with Crippen LogP contribution in [0.4, 0.5) is 0 Å². The highest BCUT2D eigenvalue weighted by molar-refractivity contribution is 6.12. The summed E-state index contributed by atoms with van der Waals surface area (Å²) in [7, 11) is 3.89. The first-order chi connectivity index (χ1) is 8.66. The molecule has 0 fully saturated rings. The van der Waals surface area contributed by atoms with Crippen molar-refractivity contribution in [3.63, 3.8) is 0 Å². The maximum Gasteiger partial charge on any atom is 0.206 e. The van der Waals surface area contributed by atoms with E-state index in [0.717, 1.165) is 29.6 Å². The number of hydrogen-bond acceptors (Lipinski definition) is 2. The second-order valence-electron chi connectivity index (χ2n) is 4.97. The number of carbonyl (C=O) groups excluding carboxylic acids is 1. The first kappa shape index (κ1) is 11.1. The molecule has 92 valence electrons. The van der Waals surface area contributed by atoms with Crippen molar-refractivity contribution in [1.82, 2.24) is 9.88 Å². The molecule has 3 heteroatoms. The number of para-hydroxylation sites is 1. The van der Waals surface area contributed by atoms with Crippen LogP contribution in [0, 0.1) is 0 Å². The summed E-state index contributed by atoms with van der Waals surface area (Å²) in [6.45, 7) is 0. The van der Waals surface area contributed by atoms with Gasteiger partial charge in [0.2, 0.25) is 5.78 Å². The molecule has 2 aromatic rings. The third kappa shape index (κ3) is 1.63. The summed E-state index contributed by atoms with van der Waals surface area (Å²) in [6, 6.07) is 8.12. The van der Waals surface area contributed by atoms with Crippen molar-refractivity contribution >= 4 is 16.7 Å². The maximum absolute atomic E-state index is 12.4. The lowest BCUT2D eigenvalue weighted by molar-refractivity contribution is 0.102. The van der Waals surface area contributed by atoms with E-state index in [0.29, 0.717) is 0 Å². The third-order valence-corrected chi connectivity index (χ3v) is 3.39. The van der Waals surface area contributed by atoms with Crippen molar-refractivity contribution in [3.8, 4) is 0 Å². The Morgan fingerprint density at radius 2 is 2.00 bits per heavy atom. The molecule has 0 spiro atoms. The highest BCUT2D eigenvalue weighted by Crippen LogP contribution is 2.31. The normalized spacial score (nSPS) is 17.2. The van der Waals surface area contributed by atoms with Crippen LogP contribution in [-0.4, -0.2) is 29.8 Å². The molecule has 1 aromatic carbocycles. The van der Waals surface area contributed by atoms with Crippen molar-refractivity contribution < 1.29 is 4.79 Å². The summed E-state index contributed by atoms with van der Waals surface area (Å²) in [5.74, 6) is 0.140. The first-order valence-electron chi connectivity index (χ1n) is 6.18. The zero-order valence-electron chi connectivity index (χ0n) is 10.7. The molecule has 0 saturated heterocycles. The van der Waals surface area contributed by atoms with Gasteiger partial charge in [0.05, 0.1) is 5.69 Å². The second kappa shape index (κ2) is 4.02. The van der Waals surface area contributed by atoms with Gasteiger partial charge in [0.1, 0.15) is 0 Å². The van der Waals surface area contributed by atoms with Gasteiger partial charge in [-0.05, 0) is 24.5 Å². The van der Waals surface area contributed by atoms with Crippen molar-refractivity contribution in [2.24, 2.45) is 0 Å². The number of aromatic amines is 1. The van der Waals surface area contributed by atoms with E-state index in [4.69, 9.17) is 0 Å². The minimum Gasteiger partial charge on any atom is -0.383 e. The van der Waals surface area contributed by atoms with Crippen molar-refractivity contribution in [2.45, 2.75) is 12.8 Å². The topological polar surface area (TPSA) is 36.1 Å². The predicted molar refractivity (Wildman–Crippen MR) is 72.7 cm³/mol. The number of aromatic nitrogens is 1. The fourth-order valence-corrected chi connectivity index (χ4v) is 2.62. The molecule has 18 heavy (non-hydrogen) atoms. The van der Waals surface area contributed by atoms with Crippen LogP contribution >= 0.6 is 0 Å². The summed E-state index contributed by atoms with van der Waals surface area (Å²) >= 11 is 0. The molecule has 1 aliphatic rings. The fourth-order valence-electron chi connectivity index (χ4n) is 2.62. The summed E-state index contributed by atoms with van der Waals surface area (Å²) in [5.41, 5.74) is 3.89. The fraction of sp³-hybridized carbons (Fsp3) is 0.267. The molecule has 3 rings (SSSR count). The number of carbonyl (C=O) groups is 1. The number of allylic oxidation sites excluding steroid dienone is 1. The Hall–Kier alpha value is -2.03. The molecule has 0 atom stereocenters. The third-order valence-electron chi connectivity index (χ3n) is 3.39. The number of nitrogens with one attached hydrogen (secondary N) is 1. The van der Waals surface area contributed by atoms with E-state index in [2.05, 4.69) is 11.1 Å². The Bertz CT molecular complexity index is 650. The molecule has 3 nitrogen and oxygen atoms in total. The Morgan fingerprint density at radius 3 is 2.78 bits per heavy atom. The lowest BCUT2D eigenvalue weighted by Crippen LogP contribution is -2.16. The average molecular weight is 240 g/mol. The number of nitrogens with zero attached hydrogens (tertiary/aromatic N) is 1. The van der Waals surface area contributed by atoms with Crippen LogP contribution in [-0.2, 0) is 6.42 Å². The molecule has 0 aliphatic heterocycles. The quantitative estimate of drug-likeness (QED) is 0.778. The standard InChI is InChI=1S/C15H16N2O/c1-17(2)9-10-7-8-12-11-5-3-4-6-13(11)16-14(12)15(10)18/h3-6,9,16H,7-8H2,1-2H3. The van der Waals surface area contributed by atoms with E-state index in [1.807, 2.05) is 43.4 Å². The number of ketones is 1. The number of benzene rings is 1. The molecular weight excluding hydrogens is 224 g/mol. The number of fused-ring (bicyclic) bond motifs is 3.